The zero-order valence-electron chi connectivity index (χ0n) is 11.7. The van der Waals surface area contributed by atoms with Crippen molar-refractivity contribution < 1.29 is 18.0 Å². The Balaban J connectivity index is 1.97. The highest BCUT2D eigenvalue weighted by molar-refractivity contribution is 9.10. The molecule has 8 heteroatoms. The number of nitrogens with zero attached hydrogens (tertiary/aromatic N) is 3. The molecule has 1 saturated heterocycles. The van der Waals surface area contributed by atoms with Crippen molar-refractivity contribution in [3.05, 3.63) is 22.4 Å². The minimum absolute atomic E-state index is 0.130. The molecule has 118 valence electrons. The fourth-order valence-corrected chi connectivity index (χ4v) is 2.90. The van der Waals surface area contributed by atoms with E-state index in [0.717, 1.165) is 4.47 Å². The van der Waals surface area contributed by atoms with Crippen LogP contribution >= 0.6 is 15.9 Å². The zero-order valence-corrected chi connectivity index (χ0v) is 13.2. The normalized spacial score (nSPS) is 17.3. The Hall–Kier alpha value is -1.02. The Morgan fingerprint density at radius 3 is 2.43 bits per heavy atom. The van der Waals surface area contributed by atoms with Gasteiger partial charge in [-0.15, -0.1) is 0 Å². The molecule has 1 aliphatic rings. The maximum absolute atomic E-state index is 12.4. The van der Waals surface area contributed by atoms with E-state index in [1.165, 1.54) is 4.90 Å². The summed E-state index contributed by atoms with van der Waals surface area (Å²) in [6.45, 7) is 2.83. The van der Waals surface area contributed by atoms with Crippen LogP contribution in [-0.4, -0.2) is 59.2 Å². The number of carbonyl (C=O) groups excluding carboxylic acids is 1. The summed E-state index contributed by atoms with van der Waals surface area (Å²) in [5, 5.41) is 0. The third-order valence-electron chi connectivity index (χ3n) is 3.49. The number of halogens is 4. The van der Waals surface area contributed by atoms with Gasteiger partial charge in [0.1, 0.15) is 5.69 Å². The smallest absolute Gasteiger partial charge is 0.343 e. The highest BCUT2D eigenvalue weighted by Gasteiger charge is 2.33. The molecule has 0 aromatic carbocycles. The predicted molar refractivity (Wildman–Crippen MR) is 76.2 cm³/mol. The summed E-state index contributed by atoms with van der Waals surface area (Å²) >= 11 is 3.33. The SMILES string of the molecule is CCn1cc(Br)cc1C(=O)N1CCN(CC(F)(F)F)CC1. The number of rotatable bonds is 3. The molecule has 21 heavy (non-hydrogen) atoms. The quantitative estimate of drug-likeness (QED) is 0.821. The summed E-state index contributed by atoms with van der Waals surface area (Å²) in [6.07, 6.45) is -2.36. The molecule has 4 nitrogen and oxygen atoms in total. The van der Waals surface area contributed by atoms with Crippen LogP contribution in [0.4, 0.5) is 13.2 Å². The van der Waals surface area contributed by atoms with Gasteiger partial charge < -0.3 is 9.47 Å². The summed E-state index contributed by atoms with van der Waals surface area (Å²) in [5.41, 5.74) is 0.564. The van der Waals surface area contributed by atoms with Crippen LogP contribution < -0.4 is 0 Å². The minimum atomic E-state index is -4.19. The van der Waals surface area contributed by atoms with Gasteiger partial charge >= 0.3 is 6.18 Å². The predicted octanol–water partition coefficient (Wildman–Crippen LogP) is 2.59. The second-order valence-corrected chi connectivity index (χ2v) is 5.93. The number of piperazine rings is 1. The topological polar surface area (TPSA) is 28.5 Å². The van der Waals surface area contributed by atoms with E-state index in [1.54, 1.807) is 11.0 Å². The Morgan fingerprint density at radius 1 is 1.29 bits per heavy atom. The summed E-state index contributed by atoms with van der Waals surface area (Å²) < 4.78 is 39.6. The summed E-state index contributed by atoms with van der Waals surface area (Å²) in [6, 6.07) is 1.74. The van der Waals surface area contributed by atoms with Gasteiger partial charge in [-0.2, -0.15) is 13.2 Å². The van der Waals surface area contributed by atoms with E-state index in [-0.39, 0.29) is 19.0 Å². The van der Waals surface area contributed by atoms with Crippen LogP contribution in [0.5, 0.6) is 0 Å². The lowest BCUT2D eigenvalue weighted by molar-refractivity contribution is -0.148. The Morgan fingerprint density at radius 2 is 1.90 bits per heavy atom. The van der Waals surface area contributed by atoms with Gasteiger partial charge in [0.05, 0.1) is 6.54 Å². The monoisotopic (exact) mass is 367 g/mol. The van der Waals surface area contributed by atoms with Crippen LogP contribution in [0.1, 0.15) is 17.4 Å². The van der Waals surface area contributed by atoms with Crippen LogP contribution in [-0.2, 0) is 6.54 Å². The van der Waals surface area contributed by atoms with Gasteiger partial charge in [0.25, 0.3) is 5.91 Å². The van der Waals surface area contributed by atoms with Crippen molar-refractivity contribution in [1.29, 1.82) is 0 Å². The molecule has 0 N–H and O–H groups in total. The van der Waals surface area contributed by atoms with E-state index in [9.17, 15) is 18.0 Å². The number of aromatic nitrogens is 1. The van der Waals surface area contributed by atoms with E-state index in [0.29, 0.717) is 25.3 Å². The molecule has 1 aromatic heterocycles. The lowest BCUT2D eigenvalue weighted by Crippen LogP contribution is -2.51. The van der Waals surface area contributed by atoms with Crippen LogP contribution in [0.2, 0.25) is 0 Å². The summed E-state index contributed by atoms with van der Waals surface area (Å²) in [7, 11) is 0. The third-order valence-corrected chi connectivity index (χ3v) is 3.92. The van der Waals surface area contributed by atoms with Crippen molar-refractivity contribution >= 4 is 21.8 Å². The van der Waals surface area contributed by atoms with Crippen molar-refractivity contribution in [2.45, 2.75) is 19.6 Å². The van der Waals surface area contributed by atoms with Crippen molar-refractivity contribution in [3.63, 3.8) is 0 Å². The van der Waals surface area contributed by atoms with Crippen molar-refractivity contribution in [2.24, 2.45) is 0 Å². The number of carbonyl (C=O) groups is 1. The molecular formula is C13H17BrF3N3O. The van der Waals surface area contributed by atoms with E-state index in [2.05, 4.69) is 15.9 Å². The molecule has 0 spiro atoms. The average Bonchev–Trinajstić information content (AvgIpc) is 2.78. The van der Waals surface area contributed by atoms with E-state index in [4.69, 9.17) is 0 Å². The van der Waals surface area contributed by atoms with Crippen LogP contribution in [0.25, 0.3) is 0 Å². The molecule has 0 saturated carbocycles. The van der Waals surface area contributed by atoms with Gasteiger partial charge in [0.15, 0.2) is 0 Å². The fourth-order valence-electron chi connectivity index (χ4n) is 2.44. The maximum Gasteiger partial charge on any atom is 0.401 e. The van der Waals surface area contributed by atoms with E-state index < -0.39 is 12.7 Å². The first-order valence-electron chi connectivity index (χ1n) is 6.74. The number of hydrogen-bond acceptors (Lipinski definition) is 2. The summed E-state index contributed by atoms with van der Waals surface area (Å²) in [4.78, 5) is 15.4. The standard InChI is InChI=1S/C13H17BrF3N3O/c1-2-19-8-10(14)7-11(19)12(21)20-5-3-18(4-6-20)9-13(15,16)17/h7-8H,2-6,9H2,1H3. The molecule has 0 aliphatic carbocycles. The molecule has 0 radical (unpaired) electrons. The third kappa shape index (κ3) is 4.23. The minimum Gasteiger partial charge on any atom is -0.343 e. The molecule has 0 atom stereocenters. The lowest BCUT2D eigenvalue weighted by Gasteiger charge is -2.35. The lowest BCUT2D eigenvalue weighted by atomic mass is 10.2. The molecule has 2 rings (SSSR count). The van der Waals surface area contributed by atoms with Gasteiger partial charge in [0.2, 0.25) is 0 Å². The highest BCUT2D eigenvalue weighted by Crippen LogP contribution is 2.20. The first-order chi connectivity index (χ1) is 9.80. The Labute approximate surface area is 129 Å². The second kappa shape index (κ2) is 6.39. The van der Waals surface area contributed by atoms with Crippen LogP contribution in [0.15, 0.2) is 16.7 Å². The second-order valence-electron chi connectivity index (χ2n) is 5.01. The van der Waals surface area contributed by atoms with Gasteiger partial charge in [-0.3, -0.25) is 9.69 Å². The first-order valence-corrected chi connectivity index (χ1v) is 7.53. The molecular weight excluding hydrogens is 351 g/mol. The molecule has 1 amide bonds. The van der Waals surface area contributed by atoms with E-state index >= 15 is 0 Å². The first kappa shape index (κ1) is 16.4. The Bertz CT molecular complexity index is 507. The number of alkyl halides is 3. The molecule has 2 heterocycles. The molecule has 1 aromatic rings. The average molecular weight is 368 g/mol. The van der Waals surface area contributed by atoms with Crippen molar-refractivity contribution in [3.8, 4) is 0 Å². The molecule has 0 bridgehead atoms. The van der Waals surface area contributed by atoms with Gasteiger partial charge in [0, 0.05) is 43.4 Å². The largest absolute Gasteiger partial charge is 0.401 e. The highest BCUT2D eigenvalue weighted by atomic mass is 79.9. The van der Waals surface area contributed by atoms with Crippen molar-refractivity contribution in [1.82, 2.24) is 14.4 Å². The summed E-state index contributed by atoms with van der Waals surface area (Å²) in [5.74, 6) is -0.130. The fraction of sp³-hybridized carbons (Fsp3) is 0.615. The number of aryl methyl sites for hydroxylation is 1. The Kier molecular flexibility index (Phi) is 4.98. The maximum atomic E-state index is 12.4. The van der Waals surface area contributed by atoms with Crippen molar-refractivity contribution in [2.75, 3.05) is 32.7 Å². The molecule has 0 unspecified atom stereocenters. The molecule has 1 fully saturated rings. The van der Waals surface area contributed by atoms with Gasteiger partial charge in [-0.25, -0.2) is 0 Å². The van der Waals surface area contributed by atoms with Crippen LogP contribution in [0.3, 0.4) is 0 Å². The van der Waals surface area contributed by atoms with Gasteiger partial charge in [-0.05, 0) is 28.9 Å². The number of amides is 1. The van der Waals surface area contributed by atoms with Gasteiger partial charge in [-0.1, -0.05) is 0 Å². The zero-order chi connectivity index (χ0) is 15.6. The van der Waals surface area contributed by atoms with E-state index in [1.807, 2.05) is 17.7 Å². The molecule has 1 aliphatic heterocycles. The van der Waals surface area contributed by atoms with Crippen LogP contribution in [0, 0.1) is 0 Å². The number of hydrogen-bond donors (Lipinski definition) is 0.